The summed E-state index contributed by atoms with van der Waals surface area (Å²) in [5, 5.41) is 3.52. The Bertz CT molecular complexity index is 1660. The summed E-state index contributed by atoms with van der Waals surface area (Å²) in [7, 11) is -3.12. The van der Waals surface area contributed by atoms with E-state index in [1.807, 2.05) is 90.7 Å². The molecule has 3 heterocycles. The van der Waals surface area contributed by atoms with Crippen molar-refractivity contribution in [2.24, 2.45) is 0 Å². The van der Waals surface area contributed by atoms with Crippen LogP contribution in [0.3, 0.4) is 0 Å². The van der Waals surface area contributed by atoms with Gasteiger partial charge in [-0.05, 0) is 56.3 Å². The molecule has 0 saturated heterocycles. The number of nitrogens with zero attached hydrogens (tertiary/aromatic N) is 2. The number of rotatable bonds is 8. The maximum atomic E-state index is 16.4. The molecule has 1 N–H and O–H groups in total. The standard InChI is InChI=1S/C34H36BrF2N3OSSi/c1-23-19-27-26-17-11-12-18-28(26)39-30(27)31(32-38-20-29(35)42-32)40(23)21-34(36,37)22-41-43(33(2,3)4,24-13-7-5-8-14-24)25-15-9-6-10-16-25/h5-18,20,23,31,39H,19,21-22H2,1-4H3/t23-,31+/m1/s1. The van der Waals surface area contributed by atoms with Crippen LogP contribution in [0.4, 0.5) is 8.78 Å². The van der Waals surface area contributed by atoms with E-state index in [0.717, 1.165) is 35.8 Å². The SMILES string of the molecule is C[C@@H]1Cc2c([nH]c3ccccc23)[C@@H](c2ncc(Br)s2)N1CC(F)(F)CO[Si](c1ccccc1)(c1ccccc1)C(C)(C)C. The summed E-state index contributed by atoms with van der Waals surface area (Å²) in [4.78, 5) is 10.1. The molecule has 0 aliphatic carbocycles. The van der Waals surface area contributed by atoms with Gasteiger partial charge in [0.2, 0.25) is 0 Å². The lowest BCUT2D eigenvalue weighted by atomic mass is 9.92. The van der Waals surface area contributed by atoms with Crippen molar-refractivity contribution in [1.29, 1.82) is 0 Å². The normalized spacial score (nSPS) is 18.2. The van der Waals surface area contributed by atoms with Gasteiger partial charge in [0.25, 0.3) is 14.2 Å². The molecule has 2 atom stereocenters. The van der Waals surface area contributed by atoms with Gasteiger partial charge in [0.05, 0.1) is 23.1 Å². The van der Waals surface area contributed by atoms with Gasteiger partial charge >= 0.3 is 0 Å². The van der Waals surface area contributed by atoms with Gasteiger partial charge in [0.15, 0.2) is 0 Å². The fourth-order valence-electron chi connectivity index (χ4n) is 6.70. The topological polar surface area (TPSA) is 41.2 Å². The van der Waals surface area contributed by atoms with Gasteiger partial charge < -0.3 is 9.41 Å². The molecule has 1 aliphatic heterocycles. The van der Waals surface area contributed by atoms with Crippen molar-refractivity contribution < 1.29 is 13.2 Å². The summed E-state index contributed by atoms with van der Waals surface area (Å²) < 4.78 is 40.4. The number of nitrogens with one attached hydrogen (secondary N) is 1. The second-order valence-corrected chi connectivity index (χ2v) is 19.2. The molecule has 9 heteroatoms. The largest absolute Gasteiger partial charge is 0.401 e. The Hall–Kier alpha value is -2.69. The number of hydrogen-bond acceptors (Lipinski definition) is 4. The van der Waals surface area contributed by atoms with Gasteiger partial charge in [-0.2, -0.15) is 0 Å². The molecule has 0 fully saturated rings. The van der Waals surface area contributed by atoms with E-state index >= 15 is 8.78 Å². The molecule has 3 aromatic carbocycles. The lowest BCUT2D eigenvalue weighted by Gasteiger charge is -2.45. The Labute approximate surface area is 265 Å². The number of para-hydroxylation sites is 1. The van der Waals surface area contributed by atoms with Gasteiger partial charge in [-0.1, -0.05) is 99.6 Å². The first kappa shape index (κ1) is 30.3. The third-order valence-electron chi connectivity index (χ3n) is 8.58. The highest BCUT2D eigenvalue weighted by atomic mass is 79.9. The van der Waals surface area contributed by atoms with Crippen LogP contribution in [0.15, 0.2) is 94.9 Å². The van der Waals surface area contributed by atoms with Crippen molar-refractivity contribution in [2.75, 3.05) is 13.2 Å². The monoisotopic (exact) mass is 679 g/mol. The fraction of sp³-hybridized carbons (Fsp3) is 0.324. The lowest BCUT2D eigenvalue weighted by molar-refractivity contribution is -0.0820. The zero-order chi connectivity index (χ0) is 30.4. The van der Waals surface area contributed by atoms with E-state index in [0.29, 0.717) is 6.42 Å². The van der Waals surface area contributed by atoms with E-state index in [1.165, 1.54) is 16.9 Å². The van der Waals surface area contributed by atoms with E-state index < -0.39 is 33.4 Å². The van der Waals surface area contributed by atoms with Crippen LogP contribution < -0.4 is 10.4 Å². The Morgan fingerprint density at radius 1 is 0.977 bits per heavy atom. The summed E-state index contributed by atoms with van der Waals surface area (Å²) in [6.45, 7) is 7.26. The summed E-state index contributed by atoms with van der Waals surface area (Å²) >= 11 is 5.03. The number of hydrogen-bond donors (Lipinski definition) is 1. The predicted molar refractivity (Wildman–Crippen MR) is 178 cm³/mol. The summed E-state index contributed by atoms with van der Waals surface area (Å²) in [6, 6.07) is 27.5. The molecular weight excluding hydrogens is 644 g/mol. The van der Waals surface area contributed by atoms with Gasteiger partial charge in [-0.25, -0.2) is 13.8 Å². The number of halogens is 3. The number of aromatic amines is 1. The molecule has 224 valence electrons. The molecule has 5 aromatic rings. The van der Waals surface area contributed by atoms with Crippen LogP contribution in [-0.2, 0) is 10.8 Å². The minimum atomic E-state index is -3.12. The van der Waals surface area contributed by atoms with Gasteiger partial charge in [0.1, 0.15) is 11.0 Å². The molecule has 0 saturated carbocycles. The lowest BCUT2D eigenvalue weighted by Crippen LogP contribution is -2.67. The van der Waals surface area contributed by atoms with Crippen LogP contribution in [0.1, 0.15) is 50.0 Å². The molecule has 1 aliphatic rings. The maximum Gasteiger partial charge on any atom is 0.282 e. The fourth-order valence-corrected chi connectivity index (χ4v) is 12.7. The van der Waals surface area contributed by atoms with E-state index in [2.05, 4.69) is 52.7 Å². The zero-order valence-corrected chi connectivity index (χ0v) is 28.2. The van der Waals surface area contributed by atoms with Gasteiger partial charge in [0, 0.05) is 22.6 Å². The first-order valence-electron chi connectivity index (χ1n) is 14.6. The van der Waals surface area contributed by atoms with Crippen molar-refractivity contribution in [3.8, 4) is 0 Å². The molecule has 0 spiro atoms. The van der Waals surface area contributed by atoms with Crippen molar-refractivity contribution in [1.82, 2.24) is 14.9 Å². The number of fused-ring (bicyclic) bond motifs is 3. The van der Waals surface area contributed by atoms with Crippen LogP contribution in [0.25, 0.3) is 10.9 Å². The molecular formula is C34H36BrF2N3OSSi. The van der Waals surface area contributed by atoms with E-state index in [-0.39, 0.29) is 11.1 Å². The molecule has 6 rings (SSSR count). The van der Waals surface area contributed by atoms with Crippen molar-refractivity contribution in [3.05, 3.63) is 111 Å². The highest BCUT2D eigenvalue weighted by molar-refractivity contribution is 9.11. The molecule has 0 amide bonds. The van der Waals surface area contributed by atoms with E-state index in [4.69, 9.17) is 4.43 Å². The number of H-pyrrole nitrogens is 1. The van der Waals surface area contributed by atoms with Crippen molar-refractivity contribution in [3.63, 3.8) is 0 Å². The number of thiazole rings is 1. The van der Waals surface area contributed by atoms with Gasteiger partial charge in [-0.15, -0.1) is 11.3 Å². The summed E-state index contributed by atoms with van der Waals surface area (Å²) in [6.07, 6.45) is 2.43. The first-order chi connectivity index (χ1) is 20.5. The van der Waals surface area contributed by atoms with Crippen LogP contribution in [-0.4, -0.2) is 48.3 Å². The Balaban J connectivity index is 1.36. The van der Waals surface area contributed by atoms with Crippen molar-refractivity contribution >= 4 is 56.9 Å². The summed E-state index contributed by atoms with van der Waals surface area (Å²) in [5.41, 5.74) is 3.15. The quantitative estimate of drug-likeness (QED) is 0.169. The van der Waals surface area contributed by atoms with Crippen LogP contribution in [0.5, 0.6) is 0 Å². The minimum absolute atomic E-state index is 0.127. The molecule has 4 nitrogen and oxygen atoms in total. The van der Waals surface area contributed by atoms with Crippen LogP contribution >= 0.6 is 27.3 Å². The highest BCUT2D eigenvalue weighted by Gasteiger charge is 2.52. The zero-order valence-electron chi connectivity index (χ0n) is 24.8. The van der Waals surface area contributed by atoms with Crippen LogP contribution in [0, 0.1) is 0 Å². The average molecular weight is 681 g/mol. The van der Waals surface area contributed by atoms with E-state index in [9.17, 15) is 0 Å². The van der Waals surface area contributed by atoms with Gasteiger partial charge in [-0.3, -0.25) is 4.90 Å². The number of aromatic nitrogens is 2. The first-order valence-corrected chi connectivity index (χ1v) is 18.1. The molecule has 43 heavy (non-hydrogen) atoms. The van der Waals surface area contributed by atoms with Crippen molar-refractivity contribution in [2.45, 2.75) is 57.2 Å². The maximum absolute atomic E-state index is 16.4. The molecule has 2 aromatic heterocycles. The third-order valence-corrected chi connectivity index (χ3v) is 15.1. The smallest absolute Gasteiger partial charge is 0.282 e. The molecule has 0 unspecified atom stereocenters. The Morgan fingerprint density at radius 2 is 1.58 bits per heavy atom. The highest BCUT2D eigenvalue weighted by Crippen LogP contribution is 2.44. The molecule has 0 radical (unpaired) electrons. The third kappa shape index (κ3) is 5.66. The second-order valence-electron chi connectivity index (χ2n) is 12.5. The minimum Gasteiger partial charge on any atom is -0.401 e. The Kier molecular flexibility index (Phi) is 8.23. The average Bonchev–Trinajstić information content (AvgIpc) is 3.57. The number of benzene rings is 3. The summed E-state index contributed by atoms with van der Waals surface area (Å²) in [5.74, 6) is -3.11. The van der Waals surface area contributed by atoms with Crippen LogP contribution in [0.2, 0.25) is 5.04 Å². The van der Waals surface area contributed by atoms with E-state index in [1.54, 1.807) is 6.20 Å². The second kappa shape index (κ2) is 11.7. The predicted octanol–water partition coefficient (Wildman–Crippen LogP) is 7.93. The Morgan fingerprint density at radius 3 is 2.16 bits per heavy atom. The molecule has 0 bridgehead atoms. The number of alkyl halides is 2.